The number of ether oxygens (including phenoxy) is 1. The fourth-order valence-electron chi connectivity index (χ4n) is 3.90. The summed E-state index contributed by atoms with van der Waals surface area (Å²) in [6.07, 6.45) is -0.701. The average Bonchev–Trinajstić information content (AvgIpc) is 3.08. The highest BCUT2D eigenvalue weighted by atomic mass is 79.9. The zero-order valence-corrected chi connectivity index (χ0v) is 18.7. The summed E-state index contributed by atoms with van der Waals surface area (Å²) in [6, 6.07) is 20.0. The second-order valence-corrected chi connectivity index (χ2v) is 8.59. The summed E-state index contributed by atoms with van der Waals surface area (Å²) in [5.74, 6) is -1.25. The van der Waals surface area contributed by atoms with Crippen molar-refractivity contribution >= 4 is 39.6 Å². The first-order chi connectivity index (χ1) is 14.9. The molecule has 1 aliphatic rings. The summed E-state index contributed by atoms with van der Waals surface area (Å²) in [6.45, 7) is 0.118. The fraction of sp³-hybridized carbons (Fsp3) is 0.167. The highest BCUT2D eigenvalue weighted by molar-refractivity contribution is 9.10. The van der Waals surface area contributed by atoms with Crippen LogP contribution in [0, 0.1) is 0 Å². The first-order valence-electron chi connectivity index (χ1n) is 9.72. The van der Waals surface area contributed by atoms with Gasteiger partial charge in [-0.3, -0.25) is 0 Å². The van der Waals surface area contributed by atoms with Crippen LogP contribution in [0.2, 0.25) is 5.02 Å². The summed E-state index contributed by atoms with van der Waals surface area (Å²) in [5.41, 5.74) is 5.12. The molecule has 0 aliphatic heterocycles. The lowest BCUT2D eigenvalue weighted by atomic mass is 9.98. The van der Waals surface area contributed by atoms with E-state index < -0.39 is 18.1 Å². The molecular weight excluding hydrogens is 482 g/mol. The summed E-state index contributed by atoms with van der Waals surface area (Å²) < 4.78 is 6.18. The maximum Gasteiger partial charge on any atom is 0.407 e. The molecule has 0 unspecified atom stereocenters. The van der Waals surface area contributed by atoms with E-state index in [1.165, 1.54) is 0 Å². The van der Waals surface area contributed by atoms with Gasteiger partial charge in [0.1, 0.15) is 12.6 Å². The molecule has 4 rings (SSSR count). The number of nitrogens with one attached hydrogen (secondary N) is 1. The van der Waals surface area contributed by atoms with E-state index >= 15 is 0 Å². The summed E-state index contributed by atoms with van der Waals surface area (Å²) in [4.78, 5) is 24.2. The van der Waals surface area contributed by atoms with Crippen LogP contribution in [0.15, 0.2) is 71.2 Å². The van der Waals surface area contributed by atoms with Gasteiger partial charge in [0.15, 0.2) is 0 Å². The minimum absolute atomic E-state index is 0.0701. The van der Waals surface area contributed by atoms with Gasteiger partial charge < -0.3 is 15.2 Å². The minimum atomic E-state index is -1.15. The van der Waals surface area contributed by atoms with Crippen LogP contribution in [0.4, 0.5) is 4.79 Å². The third-order valence-corrected chi connectivity index (χ3v) is 6.37. The number of amides is 1. The average molecular weight is 501 g/mol. The standard InChI is InChI=1S/C24H19BrClNO4/c25-21-10-9-15(26)11-14(21)12-22(23(28)29)27-24(30)31-13-20-18-7-3-1-5-16(18)17-6-2-4-8-19(17)20/h1-11,20,22H,12-13H2,(H,27,30)(H,28,29)/t22-/m1/s1. The van der Waals surface area contributed by atoms with E-state index in [9.17, 15) is 14.7 Å². The number of carbonyl (C=O) groups is 2. The van der Waals surface area contributed by atoms with Crippen LogP contribution in [0.3, 0.4) is 0 Å². The Hall–Kier alpha value is -2.83. The van der Waals surface area contributed by atoms with Gasteiger partial charge in [-0.15, -0.1) is 0 Å². The molecule has 3 aromatic carbocycles. The zero-order chi connectivity index (χ0) is 22.0. The molecule has 0 saturated heterocycles. The Labute approximate surface area is 193 Å². The van der Waals surface area contributed by atoms with Crippen LogP contribution in [-0.4, -0.2) is 29.8 Å². The maximum atomic E-state index is 12.4. The molecule has 5 nitrogen and oxygen atoms in total. The van der Waals surface area contributed by atoms with Crippen molar-refractivity contribution < 1.29 is 19.4 Å². The van der Waals surface area contributed by atoms with Crippen molar-refractivity contribution in [3.05, 3.63) is 92.9 Å². The van der Waals surface area contributed by atoms with Crippen molar-refractivity contribution in [3.8, 4) is 11.1 Å². The number of carboxylic acids is 1. The molecule has 3 aromatic rings. The van der Waals surface area contributed by atoms with E-state index in [2.05, 4.69) is 33.4 Å². The zero-order valence-electron chi connectivity index (χ0n) is 16.3. The van der Waals surface area contributed by atoms with Gasteiger partial charge in [-0.2, -0.15) is 0 Å². The van der Waals surface area contributed by atoms with E-state index in [0.29, 0.717) is 10.6 Å². The lowest BCUT2D eigenvalue weighted by Gasteiger charge is -2.18. The number of aliphatic carboxylic acids is 1. The number of carbonyl (C=O) groups excluding carboxylic acids is 1. The minimum Gasteiger partial charge on any atom is -0.480 e. The number of fused-ring (bicyclic) bond motifs is 3. The second-order valence-electron chi connectivity index (χ2n) is 7.30. The Balaban J connectivity index is 1.45. The van der Waals surface area contributed by atoms with Gasteiger partial charge in [-0.1, -0.05) is 76.1 Å². The lowest BCUT2D eigenvalue weighted by molar-refractivity contribution is -0.139. The lowest BCUT2D eigenvalue weighted by Crippen LogP contribution is -2.43. The van der Waals surface area contributed by atoms with Crippen molar-refractivity contribution in [2.45, 2.75) is 18.4 Å². The molecule has 0 saturated carbocycles. The van der Waals surface area contributed by atoms with Gasteiger partial charge >= 0.3 is 12.1 Å². The van der Waals surface area contributed by atoms with Crippen LogP contribution >= 0.6 is 27.5 Å². The van der Waals surface area contributed by atoms with Gasteiger partial charge in [0, 0.05) is 21.8 Å². The third-order valence-electron chi connectivity index (χ3n) is 5.37. The predicted molar refractivity (Wildman–Crippen MR) is 122 cm³/mol. The molecule has 158 valence electrons. The van der Waals surface area contributed by atoms with Crippen molar-refractivity contribution in [2.24, 2.45) is 0 Å². The number of benzene rings is 3. The fourth-order valence-corrected chi connectivity index (χ4v) is 4.51. The van der Waals surface area contributed by atoms with Gasteiger partial charge in [-0.05, 0) is 46.0 Å². The molecule has 31 heavy (non-hydrogen) atoms. The van der Waals surface area contributed by atoms with Crippen LogP contribution in [0.5, 0.6) is 0 Å². The van der Waals surface area contributed by atoms with Crippen molar-refractivity contribution in [2.75, 3.05) is 6.61 Å². The van der Waals surface area contributed by atoms with Gasteiger partial charge in [-0.25, -0.2) is 9.59 Å². The van der Waals surface area contributed by atoms with E-state index in [-0.39, 0.29) is 18.9 Å². The third kappa shape index (κ3) is 4.60. The van der Waals surface area contributed by atoms with Gasteiger partial charge in [0.05, 0.1) is 0 Å². The largest absolute Gasteiger partial charge is 0.480 e. The Morgan fingerprint density at radius 3 is 2.26 bits per heavy atom. The number of carboxylic acid groups (broad SMARTS) is 1. The molecule has 7 heteroatoms. The number of rotatable bonds is 6. The molecule has 0 aromatic heterocycles. The van der Waals surface area contributed by atoms with Crippen molar-refractivity contribution in [1.82, 2.24) is 5.32 Å². The van der Waals surface area contributed by atoms with Crippen molar-refractivity contribution in [1.29, 1.82) is 0 Å². The second kappa shape index (κ2) is 9.12. The molecule has 0 bridgehead atoms. The summed E-state index contributed by atoms with van der Waals surface area (Å²) >= 11 is 9.40. The predicted octanol–water partition coefficient (Wildman–Crippen LogP) is 5.64. The van der Waals surface area contributed by atoms with Crippen molar-refractivity contribution in [3.63, 3.8) is 0 Å². The highest BCUT2D eigenvalue weighted by Gasteiger charge is 2.30. The molecule has 1 amide bonds. The first-order valence-corrected chi connectivity index (χ1v) is 10.9. The normalized spacial score (nSPS) is 13.2. The molecule has 1 aliphatic carbocycles. The SMILES string of the molecule is O=C(N[C@H](Cc1cc(Cl)ccc1Br)C(=O)O)OCC1c2ccccc2-c2ccccc21. The molecule has 0 radical (unpaired) electrons. The number of alkyl carbamates (subject to hydrolysis) is 1. The summed E-state index contributed by atoms with van der Waals surface area (Å²) in [7, 11) is 0. The number of halogens is 2. The van der Waals surface area contributed by atoms with E-state index in [0.717, 1.165) is 26.7 Å². The van der Waals surface area contributed by atoms with Crippen LogP contribution in [0.1, 0.15) is 22.6 Å². The Morgan fingerprint density at radius 2 is 1.65 bits per heavy atom. The van der Waals surface area contributed by atoms with Crippen LogP contribution in [-0.2, 0) is 16.0 Å². The highest BCUT2D eigenvalue weighted by Crippen LogP contribution is 2.44. The molecule has 2 N–H and O–H groups in total. The Kier molecular flexibility index (Phi) is 6.30. The maximum absolute atomic E-state index is 12.4. The molecule has 1 atom stereocenters. The topological polar surface area (TPSA) is 75.6 Å². The van der Waals surface area contributed by atoms with Gasteiger partial charge in [0.2, 0.25) is 0 Å². The van der Waals surface area contributed by atoms with E-state index in [1.54, 1.807) is 18.2 Å². The molecule has 0 heterocycles. The van der Waals surface area contributed by atoms with E-state index in [1.807, 2.05) is 36.4 Å². The molecule has 0 spiro atoms. The smallest absolute Gasteiger partial charge is 0.407 e. The molecular formula is C24H19BrClNO4. The quantitative estimate of drug-likeness (QED) is 0.459. The van der Waals surface area contributed by atoms with Crippen LogP contribution in [0.25, 0.3) is 11.1 Å². The van der Waals surface area contributed by atoms with Gasteiger partial charge in [0.25, 0.3) is 0 Å². The molecule has 0 fully saturated rings. The first kappa shape index (κ1) is 21.4. The van der Waals surface area contributed by atoms with Crippen LogP contribution < -0.4 is 5.32 Å². The van der Waals surface area contributed by atoms with E-state index in [4.69, 9.17) is 16.3 Å². The Bertz CT molecular complexity index is 1100. The monoisotopic (exact) mass is 499 g/mol. The summed E-state index contributed by atoms with van der Waals surface area (Å²) in [5, 5.41) is 12.5. The number of hydrogen-bond donors (Lipinski definition) is 2. The Morgan fingerprint density at radius 1 is 1.03 bits per heavy atom. The number of hydrogen-bond acceptors (Lipinski definition) is 3.